The molecule has 0 saturated heterocycles. The molecule has 1 aliphatic carbocycles. The summed E-state index contributed by atoms with van der Waals surface area (Å²) in [4.78, 5) is 13.7. The van der Waals surface area contributed by atoms with Gasteiger partial charge in [-0.2, -0.15) is 5.26 Å². The van der Waals surface area contributed by atoms with Crippen molar-refractivity contribution in [3.8, 4) is 6.07 Å². The Morgan fingerprint density at radius 2 is 2.13 bits per heavy atom. The van der Waals surface area contributed by atoms with Gasteiger partial charge >= 0.3 is 0 Å². The van der Waals surface area contributed by atoms with Crippen LogP contribution in [-0.4, -0.2) is 24.4 Å². The van der Waals surface area contributed by atoms with Crippen LogP contribution in [0.4, 0.5) is 0 Å². The van der Waals surface area contributed by atoms with Gasteiger partial charge < -0.3 is 4.90 Å². The largest absolute Gasteiger partial charge is 0.341 e. The zero-order chi connectivity index (χ0) is 11.3. The van der Waals surface area contributed by atoms with E-state index < -0.39 is 5.41 Å². The molecule has 82 valence electrons. The van der Waals surface area contributed by atoms with Gasteiger partial charge in [-0.15, -0.1) is 6.58 Å². The fourth-order valence-electron chi connectivity index (χ4n) is 2.17. The van der Waals surface area contributed by atoms with Crippen molar-refractivity contribution in [1.82, 2.24) is 4.90 Å². The van der Waals surface area contributed by atoms with Gasteiger partial charge in [-0.3, -0.25) is 4.79 Å². The van der Waals surface area contributed by atoms with E-state index >= 15 is 0 Å². The van der Waals surface area contributed by atoms with Gasteiger partial charge in [0.05, 0.1) is 6.07 Å². The highest BCUT2D eigenvalue weighted by atomic mass is 16.2. The first-order valence-electron chi connectivity index (χ1n) is 5.44. The van der Waals surface area contributed by atoms with E-state index in [1.807, 2.05) is 0 Å². The van der Waals surface area contributed by atoms with E-state index in [1.54, 1.807) is 18.0 Å². The standard InChI is InChI=1S/C12H18N2O/c1-3-9-14(2)11(15)12(10-13)7-5-4-6-8-12/h3H,1,4-9H2,2H3. The van der Waals surface area contributed by atoms with Crippen LogP contribution in [0.15, 0.2) is 12.7 Å². The Morgan fingerprint density at radius 1 is 1.53 bits per heavy atom. The van der Waals surface area contributed by atoms with Crippen molar-refractivity contribution < 1.29 is 4.79 Å². The van der Waals surface area contributed by atoms with Crippen molar-refractivity contribution in [2.75, 3.05) is 13.6 Å². The molecule has 0 atom stereocenters. The molecule has 3 heteroatoms. The third kappa shape index (κ3) is 2.38. The van der Waals surface area contributed by atoms with E-state index in [0.29, 0.717) is 19.4 Å². The number of hydrogen-bond acceptors (Lipinski definition) is 2. The van der Waals surface area contributed by atoms with Crippen LogP contribution in [-0.2, 0) is 4.79 Å². The molecule has 0 N–H and O–H groups in total. The Hall–Kier alpha value is -1.30. The van der Waals surface area contributed by atoms with Crippen molar-refractivity contribution in [2.24, 2.45) is 5.41 Å². The molecule has 0 aromatic rings. The topological polar surface area (TPSA) is 44.1 Å². The highest BCUT2D eigenvalue weighted by molar-refractivity contribution is 5.85. The van der Waals surface area contributed by atoms with Gasteiger partial charge in [0.25, 0.3) is 0 Å². The fraction of sp³-hybridized carbons (Fsp3) is 0.667. The molecule has 0 radical (unpaired) electrons. The number of amides is 1. The molecule has 0 aromatic carbocycles. The first-order valence-corrected chi connectivity index (χ1v) is 5.44. The molecule has 1 rings (SSSR count). The zero-order valence-corrected chi connectivity index (χ0v) is 9.33. The lowest BCUT2D eigenvalue weighted by molar-refractivity contribution is -0.138. The summed E-state index contributed by atoms with van der Waals surface area (Å²) in [6.45, 7) is 4.12. The van der Waals surface area contributed by atoms with Crippen LogP contribution in [0.1, 0.15) is 32.1 Å². The normalized spacial score (nSPS) is 18.9. The fourth-order valence-corrected chi connectivity index (χ4v) is 2.17. The summed E-state index contributed by atoms with van der Waals surface area (Å²) in [7, 11) is 1.73. The Bertz CT molecular complexity index is 284. The average Bonchev–Trinajstić information content (AvgIpc) is 2.29. The van der Waals surface area contributed by atoms with Crippen LogP contribution in [0.5, 0.6) is 0 Å². The van der Waals surface area contributed by atoms with Crippen molar-refractivity contribution >= 4 is 5.91 Å². The Labute approximate surface area is 91.4 Å². The predicted octanol–water partition coefficient (Wildman–Crippen LogP) is 2.10. The van der Waals surface area contributed by atoms with Gasteiger partial charge in [0.15, 0.2) is 0 Å². The minimum absolute atomic E-state index is 0.0374. The number of hydrogen-bond donors (Lipinski definition) is 0. The number of nitrogens with zero attached hydrogens (tertiary/aromatic N) is 2. The molecule has 0 spiro atoms. The van der Waals surface area contributed by atoms with Crippen molar-refractivity contribution in [3.05, 3.63) is 12.7 Å². The summed E-state index contributed by atoms with van der Waals surface area (Å²) in [5.74, 6) is -0.0374. The third-order valence-corrected chi connectivity index (χ3v) is 3.08. The van der Waals surface area contributed by atoms with Crippen LogP contribution in [0.25, 0.3) is 0 Å². The third-order valence-electron chi connectivity index (χ3n) is 3.08. The lowest BCUT2D eigenvalue weighted by atomic mass is 9.74. The smallest absolute Gasteiger partial charge is 0.243 e. The van der Waals surface area contributed by atoms with E-state index in [9.17, 15) is 10.1 Å². The van der Waals surface area contributed by atoms with Crippen LogP contribution in [0.3, 0.4) is 0 Å². The van der Waals surface area contributed by atoms with Gasteiger partial charge in [-0.1, -0.05) is 25.3 Å². The summed E-state index contributed by atoms with van der Waals surface area (Å²) in [6.07, 6.45) is 6.23. The molecule has 1 fully saturated rings. The number of rotatable bonds is 3. The quantitative estimate of drug-likeness (QED) is 0.664. The van der Waals surface area contributed by atoms with E-state index in [-0.39, 0.29) is 5.91 Å². The number of likely N-dealkylation sites (N-methyl/N-ethyl adjacent to an activating group) is 1. The molecule has 1 amide bonds. The molecule has 1 aliphatic rings. The average molecular weight is 206 g/mol. The molecule has 0 aliphatic heterocycles. The van der Waals surface area contributed by atoms with Crippen molar-refractivity contribution in [1.29, 1.82) is 5.26 Å². The van der Waals surface area contributed by atoms with E-state index in [2.05, 4.69) is 12.6 Å². The lowest BCUT2D eigenvalue weighted by Gasteiger charge is -2.32. The van der Waals surface area contributed by atoms with E-state index in [1.165, 1.54) is 0 Å². The maximum atomic E-state index is 12.1. The van der Waals surface area contributed by atoms with Crippen LogP contribution in [0.2, 0.25) is 0 Å². The van der Waals surface area contributed by atoms with Gasteiger partial charge in [-0.25, -0.2) is 0 Å². The minimum atomic E-state index is -0.754. The maximum absolute atomic E-state index is 12.1. The molecule has 15 heavy (non-hydrogen) atoms. The molecule has 1 saturated carbocycles. The Balaban J connectivity index is 2.77. The molecule has 0 aromatic heterocycles. The maximum Gasteiger partial charge on any atom is 0.243 e. The summed E-state index contributed by atoms with van der Waals surface area (Å²) < 4.78 is 0. The van der Waals surface area contributed by atoms with Crippen LogP contribution in [0, 0.1) is 16.7 Å². The summed E-state index contributed by atoms with van der Waals surface area (Å²) in [5.41, 5.74) is -0.754. The van der Waals surface area contributed by atoms with Crippen molar-refractivity contribution in [2.45, 2.75) is 32.1 Å². The summed E-state index contributed by atoms with van der Waals surface area (Å²) in [6, 6.07) is 2.23. The molecule has 3 nitrogen and oxygen atoms in total. The van der Waals surface area contributed by atoms with E-state index in [4.69, 9.17) is 0 Å². The van der Waals surface area contributed by atoms with Crippen molar-refractivity contribution in [3.63, 3.8) is 0 Å². The Morgan fingerprint density at radius 3 is 2.60 bits per heavy atom. The molecule has 0 bridgehead atoms. The second kappa shape index (κ2) is 4.97. The lowest BCUT2D eigenvalue weighted by Crippen LogP contribution is -2.42. The highest BCUT2D eigenvalue weighted by Gasteiger charge is 2.41. The van der Waals surface area contributed by atoms with Gasteiger partial charge in [-0.05, 0) is 12.8 Å². The number of carbonyl (C=O) groups excluding carboxylic acids is 1. The number of nitriles is 1. The predicted molar refractivity (Wildman–Crippen MR) is 59.0 cm³/mol. The van der Waals surface area contributed by atoms with E-state index in [0.717, 1.165) is 19.3 Å². The Kier molecular flexibility index (Phi) is 3.90. The SMILES string of the molecule is C=CCN(C)C(=O)C1(C#N)CCCCC1. The first-order chi connectivity index (χ1) is 7.16. The summed E-state index contributed by atoms with van der Waals surface area (Å²) in [5, 5.41) is 9.21. The highest BCUT2D eigenvalue weighted by Crippen LogP contribution is 2.37. The second-order valence-electron chi connectivity index (χ2n) is 4.23. The van der Waals surface area contributed by atoms with Gasteiger partial charge in [0.1, 0.15) is 5.41 Å². The second-order valence-corrected chi connectivity index (χ2v) is 4.23. The zero-order valence-electron chi connectivity index (χ0n) is 9.33. The van der Waals surface area contributed by atoms with Gasteiger partial charge in [0, 0.05) is 13.6 Å². The molecule has 0 heterocycles. The molecular formula is C12H18N2O. The van der Waals surface area contributed by atoms with Crippen LogP contribution >= 0.6 is 0 Å². The monoisotopic (exact) mass is 206 g/mol. The van der Waals surface area contributed by atoms with Crippen LogP contribution < -0.4 is 0 Å². The molecular weight excluding hydrogens is 188 g/mol. The first kappa shape index (κ1) is 11.8. The molecule has 0 unspecified atom stereocenters. The van der Waals surface area contributed by atoms with Gasteiger partial charge in [0.2, 0.25) is 5.91 Å². The summed E-state index contributed by atoms with van der Waals surface area (Å²) >= 11 is 0. The minimum Gasteiger partial charge on any atom is -0.341 e. The number of carbonyl (C=O) groups is 1.